The SMILES string of the molecule is CCc1c(CC(C)C(=O)O)cc(OC)cc1OC. The van der Waals surface area contributed by atoms with Crippen molar-refractivity contribution in [3.8, 4) is 11.5 Å². The topological polar surface area (TPSA) is 55.8 Å². The lowest BCUT2D eigenvalue weighted by Gasteiger charge is -2.16. The lowest BCUT2D eigenvalue weighted by molar-refractivity contribution is -0.141. The molecule has 4 heteroatoms. The van der Waals surface area contributed by atoms with Crippen molar-refractivity contribution in [2.75, 3.05) is 14.2 Å². The molecule has 0 spiro atoms. The summed E-state index contributed by atoms with van der Waals surface area (Å²) in [6, 6.07) is 3.72. The zero-order valence-electron chi connectivity index (χ0n) is 11.3. The first-order chi connectivity index (χ1) is 8.53. The Kier molecular flexibility index (Phi) is 5.01. The molecule has 0 aromatic heterocycles. The summed E-state index contributed by atoms with van der Waals surface area (Å²) in [4.78, 5) is 10.9. The Morgan fingerprint density at radius 3 is 2.44 bits per heavy atom. The molecule has 0 aliphatic rings. The fraction of sp³-hybridized carbons (Fsp3) is 0.500. The predicted molar refractivity (Wildman–Crippen MR) is 69.4 cm³/mol. The van der Waals surface area contributed by atoms with E-state index in [9.17, 15) is 4.79 Å². The number of rotatable bonds is 6. The van der Waals surface area contributed by atoms with Crippen LogP contribution >= 0.6 is 0 Å². The van der Waals surface area contributed by atoms with Crippen LogP contribution in [0.1, 0.15) is 25.0 Å². The third-order valence-electron chi connectivity index (χ3n) is 3.03. The van der Waals surface area contributed by atoms with Crippen molar-refractivity contribution < 1.29 is 19.4 Å². The Balaban J connectivity index is 3.18. The Bertz CT molecular complexity index is 426. The van der Waals surface area contributed by atoms with E-state index in [1.54, 1.807) is 21.1 Å². The molecule has 0 aliphatic carbocycles. The van der Waals surface area contributed by atoms with Crippen LogP contribution in [0.4, 0.5) is 0 Å². The van der Waals surface area contributed by atoms with Gasteiger partial charge in [-0.25, -0.2) is 0 Å². The molecule has 1 rings (SSSR count). The van der Waals surface area contributed by atoms with E-state index in [1.807, 2.05) is 19.1 Å². The number of methoxy groups -OCH3 is 2. The van der Waals surface area contributed by atoms with E-state index >= 15 is 0 Å². The highest BCUT2D eigenvalue weighted by Gasteiger charge is 2.17. The summed E-state index contributed by atoms with van der Waals surface area (Å²) < 4.78 is 10.5. The highest BCUT2D eigenvalue weighted by atomic mass is 16.5. The smallest absolute Gasteiger partial charge is 0.306 e. The van der Waals surface area contributed by atoms with E-state index in [1.165, 1.54) is 0 Å². The number of aliphatic carboxylic acids is 1. The van der Waals surface area contributed by atoms with E-state index in [-0.39, 0.29) is 0 Å². The van der Waals surface area contributed by atoms with Gasteiger partial charge in [0.05, 0.1) is 20.1 Å². The molecule has 1 aromatic rings. The van der Waals surface area contributed by atoms with E-state index < -0.39 is 11.9 Å². The van der Waals surface area contributed by atoms with E-state index in [4.69, 9.17) is 14.6 Å². The average Bonchev–Trinajstić information content (AvgIpc) is 2.37. The standard InChI is InChI=1S/C14H20O4/c1-5-12-10(6-9(2)14(15)16)7-11(17-3)8-13(12)18-4/h7-9H,5-6H2,1-4H3,(H,15,16). The second-order valence-corrected chi connectivity index (χ2v) is 4.26. The molecule has 0 bridgehead atoms. The summed E-state index contributed by atoms with van der Waals surface area (Å²) in [6.07, 6.45) is 1.28. The zero-order chi connectivity index (χ0) is 13.7. The molecule has 0 amide bonds. The minimum atomic E-state index is -0.793. The first-order valence-corrected chi connectivity index (χ1v) is 6.00. The first kappa shape index (κ1) is 14.4. The molecule has 1 atom stereocenters. The molecule has 0 radical (unpaired) electrons. The number of hydrogen-bond donors (Lipinski definition) is 1. The van der Waals surface area contributed by atoms with Gasteiger partial charge in [0.1, 0.15) is 11.5 Å². The van der Waals surface area contributed by atoms with Crippen molar-refractivity contribution in [1.82, 2.24) is 0 Å². The molecule has 1 aromatic carbocycles. The van der Waals surface area contributed by atoms with E-state index in [2.05, 4.69) is 0 Å². The summed E-state index contributed by atoms with van der Waals surface area (Å²) in [5.74, 6) is 0.229. The normalized spacial score (nSPS) is 12.0. The number of carboxylic acid groups (broad SMARTS) is 1. The first-order valence-electron chi connectivity index (χ1n) is 6.00. The highest BCUT2D eigenvalue weighted by molar-refractivity contribution is 5.70. The Morgan fingerprint density at radius 2 is 2.00 bits per heavy atom. The maximum Gasteiger partial charge on any atom is 0.306 e. The minimum absolute atomic E-state index is 0.424. The molecule has 100 valence electrons. The molecular weight excluding hydrogens is 232 g/mol. The number of ether oxygens (including phenoxy) is 2. The van der Waals surface area contributed by atoms with Gasteiger partial charge in [0.15, 0.2) is 0 Å². The summed E-state index contributed by atoms with van der Waals surface area (Å²) >= 11 is 0. The van der Waals surface area contributed by atoms with Crippen LogP contribution in [0.5, 0.6) is 11.5 Å². The second kappa shape index (κ2) is 6.28. The Labute approximate surface area is 108 Å². The van der Waals surface area contributed by atoms with Gasteiger partial charge < -0.3 is 14.6 Å². The summed E-state index contributed by atoms with van der Waals surface area (Å²) in [5.41, 5.74) is 2.02. The van der Waals surface area contributed by atoms with Gasteiger partial charge in [0.2, 0.25) is 0 Å². The Morgan fingerprint density at radius 1 is 1.33 bits per heavy atom. The van der Waals surface area contributed by atoms with Crippen molar-refractivity contribution in [1.29, 1.82) is 0 Å². The van der Waals surface area contributed by atoms with Crippen molar-refractivity contribution in [3.05, 3.63) is 23.3 Å². The largest absolute Gasteiger partial charge is 0.497 e. The third-order valence-corrected chi connectivity index (χ3v) is 3.03. The third kappa shape index (κ3) is 3.15. The van der Waals surface area contributed by atoms with Crippen molar-refractivity contribution >= 4 is 5.97 Å². The van der Waals surface area contributed by atoms with Crippen LogP contribution in [0.3, 0.4) is 0 Å². The molecular formula is C14H20O4. The zero-order valence-corrected chi connectivity index (χ0v) is 11.3. The lowest BCUT2D eigenvalue weighted by atomic mass is 9.94. The van der Waals surface area contributed by atoms with Gasteiger partial charge in [-0.15, -0.1) is 0 Å². The molecule has 0 heterocycles. The predicted octanol–water partition coefficient (Wildman–Crippen LogP) is 2.53. The Hall–Kier alpha value is -1.71. The van der Waals surface area contributed by atoms with Crippen molar-refractivity contribution in [3.63, 3.8) is 0 Å². The van der Waals surface area contributed by atoms with E-state index in [0.717, 1.165) is 23.3 Å². The molecule has 0 fully saturated rings. The lowest BCUT2D eigenvalue weighted by Crippen LogP contribution is -2.13. The van der Waals surface area contributed by atoms with Gasteiger partial charge >= 0.3 is 5.97 Å². The van der Waals surface area contributed by atoms with Crippen LogP contribution in [0.25, 0.3) is 0 Å². The van der Waals surface area contributed by atoms with Crippen LogP contribution in [-0.2, 0) is 17.6 Å². The molecule has 1 unspecified atom stereocenters. The van der Waals surface area contributed by atoms with Gasteiger partial charge in [-0.3, -0.25) is 4.79 Å². The summed E-state index contributed by atoms with van der Waals surface area (Å²) in [6.45, 7) is 3.73. The van der Waals surface area contributed by atoms with Crippen LogP contribution in [0, 0.1) is 5.92 Å². The average molecular weight is 252 g/mol. The van der Waals surface area contributed by atoms with Crippen molar-refractivity contribution in [2.45, 2.75) is 26.7 Å². The number of carbonyl (C=O) groups is 1. The van der Waals surface area contributed by atoms with Gasteiger partial charge in [0.25, 0.3) is 0 Å². The number of hydrogen-bond acceptors (Lipinski definition) is 3. The molecule has 0 saturated carbocycles. The summed E-state index contributed by atoms with van der Waals surface area (Å²) in [7, 11) is 3.20. The van der Waals surface area contributed by atoms with Crippen LogP contribution in [-0.4, -0.2) is 25.3 Å². The monoisotopic (exact) mass is 252 g/mol. The maximum atomic E-state index is 10.9. The maximum absolute atomic E-state index is 10.9. The fourth-order valence-corrected chi connectivity index (χ4v) is 1.98. The quantitative estimate of drug-likeness (QED) is 0.845. The number of carboxylic acids is 1. The fourth-order valence-electron chi connectivity index (χ4n) is 1.98. The van der Waals surface area contributed by atoms with Crippen LogP contribution in [0.2, 0.25) is 0 Å². The molecule has 0 saturated heterocycles. The van der Waals surface area contributed by atoms with Gasteiger partial charge in [-0.05, 0) is 30.0 Å². The van der Waals surface area contributed by atoms with E-state index in [0.29, 0.717) is 12.2 Å². The number of benzene rings is 1. The highest BCUT2D eigenvalue weighted by Crippen LogP contribution is 2.30. The van der Waals surface area contributed by atoms with Crippen LogP contribution < -0.4 is 9.47 Å². The van der Waals surface area contributed by atoms with Crippen LogP contribution in [0.15, 0.2) is 12.1 Å². The molecule has 4 nitrogen and oxygen atoms in total. The summed E-state index contributed by atoms with van der Waals surface area (Å²) in [5, 5.41) is 9.00. The second-order valence-electron chi connectivity index (χ2n) is 4.26. The van der Waals surface area contributed by atoms with Gasteiger partial charge in [-0.2, -0.15) is 0 Å². The van der Waals surface area contributed by atoms with Gasteiger partial charge in [0, 0.05) is 6.07 Å². The van der Waals surface area contributed by atoms with Gasteiger partial charge in [-0.1, -0.05) is 13.8 Å². The minimum Gasteiger partial charge on any atom is -0.497 e. The van der Waals surface area contributed by atoms with Crippen molar-refractivity contribution in [2.24, 2.45) is 5.92 Å². The molecule has 18 heavy (non-hydrogen) atoms. The molecule has 0 aliphatic heterocycles. The molecule has 1 N–H and O–H groups in total.